The first-order chi connectivity index (χ1) is 12.0. The highest BCUT2D eigenvalue weighted by atomic mass is 35.5. The third-order valence-corrected chi connectivity index (χ3v) is 3.80. The molecule has 2 aromatic carbocycles. The Morgan fingerprint density at radius 1 is 1.12 bits per heavy atom. The van der Waals surface area contributed by atoms with Crippen LogP contribution in [-0.4, -0.2) is 27.4 Å². The lowest BCUT2D eigenvalue weighted by molar-refractivity contribution is 0.374. The van der Waals surface area contributed by atoms with Crippen molar-refractivity contribution in [2.75, 3.05) is 12.8 Å². The third kappa shape index (κ3) is 3.16. The van der Waals surface area contributed by atoms with Crippen LogP contribution in [0.15, 0.2) is 36.4 Å². The Bertz CT molecular complexity index is 984. The van der Waals surface area contributed by atoms with E-state index in [1.54, 1.807) is 30.3 Å². The van der Waals surface area contributed by atoms with Crippen LogP contribution in [0.3, 0.4) is 0 Å². The van der Waals surface area contributed by atoms with Crippen molar-refractivity contribution in [3.63, 3.8) is 0 Å². The molecule has 0 radical (unpaired) electrons. The first-order valence-electron chi connectivity index (χ1n) is 7.11. The minimum Gasteiger partial charge on any atom is -0.503 e. The van der Waals surface area contributed by atoms with Crippen molar-refractivity contribution in [1.82, 2.24) is 15.2 Å². The standard InChI is InChI=1S/C17H12ClN5O2/c1-25-13-7-11(6-12(18)16(13)24)15-14(21-17(20)23-22-15)10-4-2-9(8-19)3-5-10/h2-7,24H,1H3,(H2,20,21,23). The Morgan fingerprint density at radius 3 is 2.48 bits per heavy atom. The van der Waals surface area contributed by atoms with Gasteiger partial charge in [0.15, 0.2) is 11.5 Å². The number of nitrogens with zero attached hydrogens (tertiary/aromatic N) is 4. The molecule has 0 amide bonds. The predicted molar refractivity (Wildman–Crippen MR) is 93.1 cm³/mol. The largest absolute Gasteiger partial charge is 0.503 e. The van der Waals surface area contributed by atoms with Gasteiger partial charge in [0.1, 0.15) is 11.4 Å². The number of anilines is 1. The molecular formula is C17H12ClN5O2. The Morgan fingerprint density at radius 2 is 1.84 bits per heavy atom. The Labute approximate surface area is 148 Å². The number of aromatic hydroxyl groups is 1. The number of phenols is 1. The lowest BCUT2D eigenvalue weighted by Gasteiger charge is -2.11. The highest BCUT2D eigenvalue weighted by Gasteiger charge is 2.17. The summed E-state index contributed by atoms with van der Waals surface area (Å²) in [5.74, 6) is 0.0519. The van der Waals surface area contributed by atoms with Crippen LogP contribution in [0.4, 0.5) is 5.95 Å². The molecule has 0 aliphatic heterocycles. The van der Waals surface area contributed by atoms with Gasteiger partial charge in [-0.1, -0.05) is 23.7 Å². The lowest BCUT2D eigenvalue weighted by atomic mass is 10.0. The van der Waals surface area contributed by atoms with Crippen LogP contribution in [0.5, 0.6) is 11.5 Å². The number of nitriles is 1. The maximum atomic E-state index is 9.90. The highest BCUT2D eigenvalue weighted by Crippen LogP contribution is 2.39. The summed E-state index contributed by atoms with van der Waals surface area (Å²) in [6.07, 6.45) is 0. The van der Waals surface area contributed by atoms with Gasteiger partial charge in [-0.15, -0.1) is 10.2 Å². The van der Waals surface area contributed by atoms with E-state index in [2.05, 4.69) is 21.3 Å². The van der Waals surface area contributed by atoms with Crippen molar-refractivity contribution in [3.05, 3.63) is 47.0 Å². The average Bonchev–Trinajstić information content (AvgIpc) is 2.64. The molecule has 0 aliphatic rings. The van der Waals surface area contributed by atoms with Gasteiger partial charge in [-0.2, -0.15) is 5.26 Å². The molecule has 124 valence electrons. The van der Waals surface area contributed by atoms with Gasteiger partial charge in [-0.25, -0.2) is 4.98 Å². The first-order valence-corrected chi connectivity index (χ1v) is 7.49. The fourth-order valence-corrected chi connectivity index (χ4v) is 2.51. The molecule has 3 rings (SSSR count). The van der Waals surface area contributed by atoms with Crippen molar-refractivity contribution in [3.8, 4) is 40.1 Å². The van der Waals surface area contributed by atoms with E-state index in [4.69, 9.17) is 27.3 Å². The zero-order valence-electron chi connectivity index (χ0n) is 13.1. The van der Waals surface area contributed by atoms with Gasteiger partial charge in [0.2, 0.25) is 5.95 Å². The molecule has 0 atom stereocenters. The fourth-order valence-electron chi connectivity index (χ4n) is 2.30. The number of nitrogen functional groups attached to an aromatic ring is 1. The molecule has 0 unspecified atom stereocenters. The minimum absolute atomic E-state index is 0.0138. The predicted octanol–water partition coefficient (Wildman–Crippen LogP) is 3.03. The van der Waals surface area contributed by atoms with Gasteiger partial charge in [0.05, 0.1) is 23.8 Å². The number of halogens is 1. The van der Waals surface area contributed by atoms with Crippen LogP contribution in [0.25, 0.3) is 22.5 Å². The van der Waals surface area contributed by atoms with Gasteiger partial charge in [0.25, 0.3) is 0 Å². The normalized spacial score (nSPS) is 10.3. The molecule has 1 aromatic heterocycles. The summed E-state index contributed by atoms with van der Waals surface area (Å²) in [6, 6.07) is 12.0. The zero-order chi connectivity index (χ0) is 18.0. The summed E-state index contributed by atoms with van der Waals surface area (Å²) in [4.78, 5) is 4.26. The van der Waals surface area contributed by atoms with E-state index in [1.165, 1.54) is 13.2 Å². The molecule has 0 saturated heterocycles. The van der Waals surface area contributed by atoms with Crippen LogP contribution in [0, 0.1) is 11.3 Å². The number of methoxy groups -OCH3 is 1. The molecule has 0 aliphatic carbocycles. The van der Waals surface area contributed by atoms with Crippen molar-refractivity contribution < 1.29 is 9.84 Å². The van der Waals surface area contributed by atoms with Gasteiger partial charge in [-0.05, 0) is 24.3 Å². The third-order valence-electron chi connectivity index (χ3n) is 3.51. The lowest BCUT2D eigenvalue weighted by Crippen LogP contribution is -2.02. The summed E-state index contributed by atoms with van der Waals surface area (Å²) in [5, 5.41) is 26.9. The molecule has 3 N–H and O–H groups in total. The van der Waals surface area contributed by atoms with Gasteiger partial charge >= 0.3 is 0 Å². The summed E-state index contributed by atoms with van der Waals surface area (Å²) in [5.41, 5.74) is 8.35. The van der Waals surface area contributed by atoms with Crippen molar-refractivity contribution in [1.29, 1.82) is 5.26 Å². The molecular weight excluding hydrogens is 342 g/mol. The topological polar surface area (TPSA) is 118 Å². The average molecular weight is 354 g/mol. The second kappa shape index (κ2) is 6.63. The molecule has 8 heteroatoms. The molecule has 7 nitrogen and oxygen atoms in total. The van der Waals surface area contributed by atoms with Crippen molar-refractivity contribution >= 4 is 17.5 Å². The van der Waals surface area contributed by atoms with Crippen LogP contribution in [-0.2, 0) is 0 Å². The number of phenolic OH excluding ortho intramolecular Hbond substituents is 1. The van der Waals surface area contributed by atoms with E-state index in [-0.39, 0.29) is 22.5 Å². The maximum absolute atomic E-state index is 9.90. The van der Waals surface area contributed by atoms with Gasteiger partial charge in [-0.3, -0.25) is 0 Å². The van der Waals surface area contributed by atoms with Crippen LogP contribution in [0.1, 0.15) is 5.56 Å². The molecule has 0 spiro atoms. The maximum Gasteiger partial charge on any atom is 0.240 e. The molecule has 0 bridgehead atoms. The quantitative estimate of drug-likeness (QED) is 0.742. The number of aromatic nitrogens is 3. The summed E-state index contributed by atoms with van der Waals surface area (Å²) < 4.78 is 5.12. The zero-order valence-corrected chi connectivity index (χ0v) is 13.8. The fraction of sp³-hybridized carbons (Fsp3) is 0.0588. The summed E-state index contributed by atoms with van der Waals surface area (Å²) >= 11 is 6.06. The highest BCUT2D eigenvalue weighted by molar-refractivity contribution is 6.32. The number of hydrogen-bond donors (Lipinski definition) is 2. The number of hydrogen-bond acceptors (Lipinski definition) is 7. The first kappa shape index (κ1) is 16.5. The SMILES string of the molecule is COc1cc(-c2nnc(N)nc2-c2ccc(C#N)cc2)cc(Cl)c1O. The molecule has 3 aromatic rings. The summed E-state index contributed by atoms with van der Waals surface area (Å²) in [6.45, 7) is 0. The Kier molecular flexibility index (Phi) is 4.37. The Hall–Kier alpha value is -3.37. The Balaban J connectivity index is 2.21. The monoisotopic (exact) mass is 353 g/mol. The van der Waals surface area contributed by atoms with Crippen LogP contribution >= 0.6 is 11.6 Å². The molecule has 0 fully saturated rings. The second-order valence-corrected chi connectivity index (χ2v) is 5.47. The van der Waals surface area contributed by atoms with Crippen LogP contribution in [0.2, 0.25) is 5.02 Å². The molecule has 1 heterocycles. The number of nitrogens with two attached hydrogens (primary N) is 1. The van der Waals surface area contributed by atoms with Gasteiger partial charge < -0.3 is 15.6 Å². The van der Waals surface area contributed by atoms with Crippen LogP contribution < -0.4 is 10.5 Å². The van der Waals surface area contributed by atoms with Crippen molar-refractivity contribution in [2.45, 2.75) is 0 Å². The number of benzene rings is 2. The number of ether oxygens (including phenoxy) is 1. The molecule has 0 saturated carbocycles. The van der Waals surface area contributed by atoms with E-state index in [0.29, 0.717) is 28.1 Å². The van der Waals surface area contributed by atoms with E-state index >= 15 is 0 Å². The molecule has 25 heavy (non-hydrogen) atoms. The number of rotatable bonds is 3. The summed E-state index contributed by atoms with van der Waals surface area (Å²) in [7, 11) is 1.42. The smallest absolute Gasteiger partial charge is 0.240 e. The van der Waals surface area contributed by atoms with Gasteiger partial charge in [0, 0.05) is 11.1 Å². The minimum atomic E-state index is -0.163. The van der Waals surface area contributed by atoms with E-state index in [1.807, 2.05) is 0 Å². The van der Waals surface area contributed by atoms with E-state index < -0.39 is 0 Å². The second-order valence-electron chi connectivity index (χ2n) is 5.07. The van der Waals surface area contributed by atoms with E-state index in [0.717, 1.165) is 0 Å². The van der Waals surface area contributed by atoms with E-state index in [9.17, 15) is 5.11 Å². The van der Waals surface area contributed by atoms with Crippen molar-refractivity contribution in [2.24, 2.45) is 0 Å².